The van der Waals surface area contributed by atoms with Gasteiger partial charge in [0, 0.05) is 0 Å². The lowest BCUT2D eigenvalue weighted by Gasteiger charge is -2.39. The quantitative estimate of drug-likeness (QED) is 0.511. The second-order valence-electron chi connectivity index (χ2n) is 8.21. The van der Waals surface area contributed by atoms with Crippen molar-refractivity contribution < 1.29 is 0 Å². The third-order valence-electron chi connectivity index (χ3n) is 4.44. The lowest BCUT2D eigenvalue weighted by molar-refractivity contribution is 0.322. The summed E-state index contributed by atoms with van der Waals surface area (Å²) >= 11 is 0. The van der Waals surface area contributed by atoms with Crippen LogP contribution in [0.1, 0.15) is 87.0 Å². The van der Waals surface area contributed by atoms with Crippen molar-refractivity contribution >= 4 is 0 Å². The fourth-order valence-electron chi connectivity index (χ4n) is 3.34. The van der Waals surface area contributed by atoms with Crippen molar-refractivity contribution in [1.82, 2.24) is 0 Å². The molecule has 0 radical (unpaired) electrons. The first-order valence-electron chi connectivity index (χ1n) is 7.89. The molecule has 0 saturated heterocycles. The maximum Gasteiger partial charge on any atom is -0.0170 e. The summed E-state index contributed by atoms with van der Waals surface area (Å²) in [5.41, 5.74) is 4.23. The summed E-state index contributed by atoms with van der Waals surface area (Å²) in [7, 11) is 0. The standard InChI is InChI=1S/C18H34/c1-8-9-10-14-11-12-15(17(2,3)4)16(13-14)18(5,6)7/h14H,8-13H2,1-7H3. The van der Waals surface area contributed by atoms with Crippen LogP contribution in [-0.4, -0.2) is 0 Å². The van der Waals surface area contributed by atoms with Crippen LogP contribution in [0.4, 0.5) is 0 Å². The van der Waals surface area contributed by atoms with Crippen molar-refractivity contribution in [3.63, 3.8) is 0 Å². The summed E-state index contributed by atoms with van der Waals surface area (Å²) < 4.78 is 0. The second kappa shape index (κ2) is 5.80. The predicted octanol–water partition coefficient (Wildman–Crippen LogP) is 6.37. The molecule has 1 aliphatic rings. The van der Waals surface area contributed by atoms with Crippen LogP contribution in [0.5, 0.6) is 0 Å². The normalized spacial score (nSPS) is 22.5. The Morgan fingerprint density at radius 2 is 1.50 bits per heavy atom. The van der Waals surface area contributed by atoms with E-state index in [4.69, 9.17) is 0 Å². The van der Waals surface area contributed by atoms with E-state index in [9.17, 15) is 0 Å². The molecule has 0 aromatic rings. The lowest BCUT2D eigenvalue weighted by Crippen LogP contribution is -2.25. The van der Waals surface area contributed by atoms with Gasteiger partial charge in [0.15, 0.2) is 0 Å². The maximum absolute atomic E-state index is 2.40. The van der Waals surface area contributed by atoms with Crippen molar-refractivity contribution in [3.05, 3.63) is 11.1 Å². The summed E-state index contributed by atoms with van der Waals surface area (Å²) in [5, 5.41) is 0. The Balaban J connectivity index is 2.93. The molecule has 0 aromatic carbocycles. The molecule has 0 saturated carbocycles. The van der Waals surface area contributed by atoms with Gasteiger partial charge in [0.1, 0.15) is 0 Å². The topological polar surface area (TPSA) is 0 Å². The molecule has 0 nitrogen and oxygen atoms in total. The summed E-state index contributed by atoms with van der Waals surface area (Å²) in [6.07, 6.45) is 8.31. The monoisotopic (exact) mass is 250 g/mol. The van der Waals surface area contributed by atoms with E-state index in [0.29, 0.717) is 10.8 Å². The third kappa shape index (κ3) is 4.14. The van der Waals surface area contributed by atoms with Crippen LogP contribution in [0, 0.1) is 16.7 Å². The number of hydrogen-bond donors (Lipinski definition) is 0. The van der Waals surface area contributed by atoms with Crippen LogP contribution in [0.2, 0.25) is 0 Å². The van der Waals surface area contributed by atoms with Gasteiger partial charge in [-0.1, -0.05) is 78.9 Å². The van der Waals surface area contributed by atoms with Gasteiger partial charge in [-0.05, 0) is 36.0 Å². The van der Waals surface area contributed by atoms with Gasteiger partial charge in [0.2, 0.25) is 0 Å². The van der Waals surface area contributed by atoms with Gasteiger partial charge in [-0.25, -0.2) is 0 Å². The Morgan fingerprint density at radius 1 is 0.944 bits per heavy atom. The first kappa shape index (κ1) is 15.8. The molecule has 0 spiro atoms. The Hall–Kier alpha value is -0.260. The van der Waals surface area contributed by atoms with Gasteiger partial charge < -0.3 is 0 Å². The molecule has 106 valence electrons. The van der Waals surface area contributed by atoms with Crippen molar-refractivity contribution in [3.8, 4) is 0 Å². The SMILES string of the molecule is CCCCC1CCC(C(C)(C)C)=C(C(C)(C)C)C1. The van der Waals surface area contributed by atoms with Gasteiger partial charge in [-0.3, -0.25) is 0 Å². The van der Waals surface area contributed by atoms with Crippen molar-refractivity contribution in [2.24, 2.45) is 16.7 Å². The minimum Gasteiger partial charge on any atom is -0.0654 e. The van der Waals surface area contributed by atoms with Gasteiger partial charge >= 0.3 is 0 Å². The van der Waals surface area contributed by atoms with Crippen LogP contribution >= 0.6 is 0 Å². The van der Waals surface area contributed by atoms with Crippen LogP contribution < -0.4 is 0 Å². The van der Waals surface area contributed by atoms with Gasteiger partial charge in [-0.2, -0.15) is 0 Å². The molecule has 1 rings (SSSR count). The molecular formula is C18H34. The van der Waals surface area contributed by atoms with Crippen LogP contribution in [0.25, 0.3) is 0 Å². The highest BCUT2D eigenvalue weighted by Crippen LogP contribution is 2.46. The summed E-state index contributed by atoms with van der Waals surface area (Å²) in [4.78, 5) is 0. The third-order valence-corrected chi connectivity index (χ3v) is 4.44. The Bertz CT molecular complexity index is 293. The molecule has 0 bridgehead atoms. The number of rotatable bonds is 3. The smallest absolute Gasteiger partial charge is 0.0170 e. The zero-order valence-electron chi connectivity index (χ0n) is 13.8. The minimum absolute atomic E-state index is 0.355. The Labute approximate surface area is 115 Å². The van der Waals surface area contributed by atoms with Crippen LogP contribution in [0.15, 0.2) is 11.1 Å². The van der Waals surface area contributed by atoms with E-state index in [2.05, 4.69) is 48.5 Å². The zero-order chi connectivity index (χ0) is 14.0. The average Bonchev–Trinajstić information content (AvgIpc) is 2.23. The van der Waals surface area contributed by atoms with E-state index < -0.39 is 0 Å². The highest BCUT2D eigenvalue weighted by molar-refractivity contribution is 5.27. The summed E-state index contributed by atoms with van der Waals surface area (Å²) in [6.45, 7) is 16.7. The van der Waals surface area contributed by atoms with E-state index in [0.717, 1.165) is 5.92 Å². The minimum atomic E-state index is 0.355. The van der Waals surface area contributed by atoms with Gasteiger partial charge in [0.25, 0.3) is 0 Å². The van der Waals surface area contributed by atoms with Crippen molar-refractivity contribution in [2.75, 3.05) is 0 Å². The van der Waals surface area contributed by atoms with Gasteiger partial charge in [0.05, 0.1) is 0 Å². The van der Waals surface area contributed by atoms with E-state index >= 15 is 0 Å². The van der Waals surface area contributed by atoms with Crippen molar-refractivity contribution in [2.45, 2.75) is 87.0 Å². The molecule has 0 fully saturated rings. The van der Waals surface area contributed by atoms with E-state index in [-0.39, 0.29) is 0 Å². The van der Waals surface area contributed by atoms with Crippen molar-refractivity contribution in [1.29, 1.82) is 0 Å². The second-order valence-corrected chi connectivity index (χ2v) is 8.21. The molecule has 0 amide bonds. The van der Waals surface area contributed by atoms with Crippen LogP contribution in [-0.2, 0) is 0 Å². The fraction of sp³-hybridized carbons (Fsp3) is 0.889. The first-order chi connectivity index (χ1) is 8.16. The maximum atomic E-state index is 2.40. The molecular weight excluding hydrogens is 216 g/mol. The molecule has 0 aromatic heterocycles. The molecule has 0 heteroatoms. The predicted molar refractivity (Wildman–Crippen MR) is 82.8 cm³/mol. The van der Waals surface area contributed by atoms with E-state index in [1.807, 2.05) is 0 Å². The van der Waals surface area contributed by atoms with E-state index in [1.54, 1.807) is 11.1 Å². The highest BCUT2D eigenvalue weighted by atomic mass is 14.4. The molecule has 0 aliphatic heterocycles. The number of unbranched alkanes of at least 4 members (excludes halogenated alkanes) is 1. The zero-order valence-corrected chi connectivity index (χ0v) is 13.8. The summed E-state index contributed by atoms with van der Waals surface area (Å²) in [6, 6.07) is 0. The Morgan fingerprint density at radius 3 is 1.94 bits per heavy atom. The largest absolute Gasteiger partial charge is 0.0654 e. The fourth-order valence-corrected chi connectivity index (χ4v) is 3.34. The molecule has 18 heavy (non-hydrogen) atoms. The lowest BCUT2D eigenvalue weighted by atomic mass is 9.66. The first-order valence-corrected chi connectivity index (χ1v) is 7.89. The molecule has 1 atom stereocenters. The number of allylic oxidation sites excluding steroid dienone is 2. The molecule has 1 aliphatic carbocycles. The average molecular weight is 250 g/mol. The molecule has 1 unspecified atom stereocenters. The highest BCUT2D eigenvalue weighted by Gasteiger charge is 2.32. The molecule has 0 N–H and O–H groups in total. The van der Waals surface area contributed by atoms with E-state index in [1.165, 1.54) is 38.5 Å². The number of hydrogen-bond acceptors (Lipinski definition) is 0. The van der Waals surface area contributed by atoms with Crippen LogP contribution in [0.3, 0.4) is 0 Å². The summed E-state index contributed by atoms with van der Waals surface area (Å²) in [5.74, 6) is 0.949. The van der Waals surface area contributed by atoms with Gasteiger partial charge in [-0.15, -0.1) is 0 Å². The Kier molecular flexibility index (Phi) is 5.09. The molecule has 0 heterocycles.